The lowest BCUT2D eigenvalue weighted by atomic mass is 10.1. The van der Waals surface area contributed by atoms with Crippen molar-refractivity contribution in [1.82, 2.24) is 4.90 Å². The summed E-state index contributed by atoms with van der Waals surface area (Å²) in [7, 11) is 1.50. The molecule has 3 nitrogen and oxygen atoms in total. The normalized spacial score (nSPS) is 18.2. The molecule has 1 aromatic rings. The Balaban J connectivity index is 0.000000774. The molecule has 1 heterocycles. The van der Waals surface area contributed by atoms with E-state index in [9.17, 15) is 4.39 Å². The first-order valence-corrected chi connectivity index (χ1v) is 8.06. The average molecular weight is 294 g/mol. The molecule has 2 N–H and O–H groups in total. The summed E-state index contributed by atoms with van der Waals surface area (Å²) in [6.45, 7) is 3.62. The van der Waals surface area contributed by atoms with E-state index in [1.54, 1.807) is 12.1 Å². The Morgan fingerprint density at radius 2 is 1.95 bits per heavy atom. The van der Waals surface area contributed by atoms with E-state index in [2.05, 4.69) is 10.6 Å². The molecule has 0 atom stereocenters. The number of nitrogens with zero attached hydrogens (tertiary/aromatic N) is 1. The van der Waals surface area contributed by atoms with Crippen LogP contribution in [0.5, 0.6) is 5.75 Å². The highest BCUT2D eigenvalue weighted by Gasteiger charge is 2.24. The van der Waals surface area contributed by atoms with Gasteiger partial charge in [-0.25, -0.2) is 4.39 Å². The highest BCUT2D eigenvalue weighted by atomic mass is 19.1. The van der Waals surface area contributed by atoms with E-state index in [1.807, 2.05) is 6.07 Å². The van der Waals surface area contributed by atoms with Crippen molar-refractivity contribution in [3.8, 4) is 5.75 Å². The molecule has 1 saturated carbocycles. The third-order valence-corrected chi connectivity index (χ3v) is 3.95. The summed E-state index contributed by atoms with van der Waals surface area (Å²) in [5.74, 6) is 0.219. The van der Waals surface area contributed by atoms with Gasteiger partial charge in [0, 0.05) is 0 Å². The molecule has 2 fully saturated rings. The van der Waals surface area contributed by atoms with Crippen LogP contribution in [0.15, 0.2) is 18.2 Å². The molecule has 3 rings (SSSR count). The lowest BCUT2D eigenvalue weighted by Crippen LogP contribution is -2.20. The summed E-state index contributed by atoms with van der Waals surface area (Å²) in [6.07, 6.45) is 7.13. The Bertz CT molecular complexity index is 429. The van der Waals surface area contributed by atoms with Crippen molar-refractivity contribution in [2.45, 2.75) is 44.6 Å². The third kappa shape index (κ3) is 5.29. The quantitative estimate of drug-likeness (QED) is 0.876. The molecule has 1 aliphatic heterocycles. The van der Waals surface area contributed by atoms with Crippen LogP contribution in [-0.4, -0.2) is 37.7 Å². The van der Waals surface area contributed by atoms with E-state index >= 15 is 0 Å². The van der Waals surface area contributed by atoms with Gasteiger partial charge in [0.15, 0.2) is 11.6 Å². The topological polar surface area (TPSA) is 38.5 Å². The predicted molar refractivity (Wildman–Crippen MR) is 84.2 cm³/mol. The maximum Gasteiger partial charge on any atom is 0.165 e. The van der Waals surface area contributed by atoms with Crippen molar-refractivity contribution >= 4 is 0 Å². The number of benzene rings is 1. The molecular formula is C17H27FN2O. The van der Waals surface area contributed by atoms with Gasteiger partial charge < -0.3 is 15.4 Å². The fourth-order valence-electron chi connectivity index (χ4n) is 2.67. The second-order valence-electron chi connectivity index (χ2n) is 5.73. The van der Waals surface area contributed by atoms with E-state index in [0.717, 1.165) is 37.8 Å². The zero-order chi connectivity index (χ0) is 15.1. The van der Waals surface area contributed by atoms with Crippen LogP contribution in [0.4, 0.5) is 4.39 Å². The molecule has 21 heavy (non-hydrogen) atoms. The van der Waals surface area contributed by atoms with E-state index in [4.69, 9.17) is 4.74 Å². The standard InChI is InChI=1S/C16H22FNO.CH5N/c17-15-12-13(4-3-11-18-9-1-2-10-18)5-8-16(15)19-14-6-7-14;1-2/h5,8,12,14H,1-4,6-7,9-11H2;2H2,1H3. The molecule has 0 bridgehead atoms. The number of ether oxygens (including phenoxy) is 1. The molecule has 0 aromatic heterocycles. The van der Waals surface area contributed by atoms with Gasteiger partial charge in [0.05, 0.1) is 6.10 Å². The smallest absolute Gasteiger partial charge is 0.165 e. The monoisotopic (exact) mass is 294 g/mol. The van der Waals surface area contributed by atoms with Gasteiger partial charge in [0.1, 0.15) is 0 Å². The van der Waals surface area contributed by atoms with E-state index < -0.39 is 0 Å². The minimum atomic E-state index is -0.203. The molecule has 2 aliphatic rings. The molecule has 1 saturated heterocycles. The first-order valence-electron chi connectivity index (χ1n) is 8.06. The van der Waals surface area contributed by atoms with Crippen molar-refractivity contribution in [2.24, 2.45) is 5.73 Å². The molecular weight excluding hydrogens is 267 g/mol. The first-order chi connectivity index (χ1) is 10.3. The molecule has 0 unspecified atom stereocenters. The molecule has 1 aliphatic carbocycles. The zero-order valence-electron chi connectivity index (χ0n) is 13.0. The summed E-state index contributed by atoms with van der Waals surface area (Å²) in [5.41, 5.74) is 5.58. The first kappa shape index (κ1) is 16.2. The number of halogens is 1. The van der Waals surface area contributed by atoms with Crippen LogP contribution >= 0.6 is 0 Å². The maximum absolute atomic E-state index is 13.8. The summed E-state index contributed by atoms with van der Waals surface area (Å²) in [6, 6.07) is 5.44. The van der Waals surface area contributed by atoms with Gasteiger partial charge in [-0.2, -0.15) is 0 Å². The summed E-state index contributed by atoms with van der Waals surface area (Å²) in [4.78, 5) is 2.50. The zero-order valence-corrected chi connectivity index (χ0v) is 13.0. The number of hydrogen-bond acceptors (Lipinski definition) is 3. The predicted octanol–water partition coefficient (Wildman–Crippen LogP) is 2.97. The van der Waals surface area contributed by atoms with Crippen LogP contribution in [0.1, 0.15) is 37.7 Å². The molecule has 1 aromatic carbocycles. The maximum atomic E-state index is 13.8. The number of likely N-dealkylation sites (tertiary alicyclic amines) is 1. The summed E-state index contributed by atoms with van der Waals surface area (Å²) < 4.78 is 19.3. The lowest BCUT2D eigenvalue weighted by molar-refractivity contribution is 0.287. The second kappa shape index (κ2) is 8.35. The van der Waals surface area contributed by atoms with Gasteiger partial charge >= 0.3 is 0 Å². The minimum absolute atomic E-state index is 0.203. The number of hydrogen-bond donors (Lipinski definition) is 1. The fraction of sp³-hybridized carbons (Fsp3) is 0.647. The number of nitrogens with two attached hydrogens (primary N) is 1. The van der Waals surface area contributed by atoms with Gasteiger partial charge in [-0.3, -0.25) is 0 Å². The Labute approximate surface area is 127 Å². The Hall–Kier alpha value is -1.13. The fourth-order valence-corrected chi connectivity index (χ4v) is 2.67. The van der Waals surface area contributed by atoms with Crippen molar-refractivity contribution < 1.29 is 9.13 Å². The van der Waals surface area contributed by atoms with Gasteiger partial charge in [0.2, 0.25) is 0 Å². The van der Waals surface area contributed by atoms with Crippen molar-refractivity contribution in [2.75, 3.05) is 26.7 Å². The van der Waals surface area contributed by atoms with Crippen molar-refractivity contribution in [3.63, 3.8) is 0 Å². The van der Waals surface area contributed by atoms with Crippen LogP contribution in [-0.2, 0) is 6.42 Å². The minimum Gasteiger partial charge on any atom is -0.487 e. The van der Waals surface area contributed by atoms with Gasteiger partial charge in [-0.05, 0) is 82.9 Å². The molecule has 4 heteroatoms. The number of rotatable bonds is 6. The van der Waals surface area contributed by atoms with E-state index in [-0.39, 0.29) is 11.9 Å². The van der Waals surface area contributed by atoms with Crippen LogP contribution in [0.25, 0.3) is 0 Å². The largest absolute Gasteiger partial charge is 0.487 e. The Morgan fingerprint density at radius 3 is 2.57 bits per heavy atom. The van der Waals surface area contributed by atoms with Crippen LogP contribution in [0.2, 0.25) is 0 Å². The molecule has 0 radical (unpaired) electrons. The second-order valence-corrected chi connectivity index (χ2v) is 5.73. The Kier molecular flexibility index (Phi) is 6.46. The van der Waals surface area contributed by atoms with Crippen molar-refractivity contribution in [3.05, 3.63) is 29.6 Å². The van der Waals surface area contributed by atoms with Gasteiger partial charge in [-0.15, -0.1) is 0 Å². The third-order valence-electron chi connectivity index (χ3n) is 3.95. The SMILES string of the molecule is CN.Fc1cc(CCCN2CCCC2)ccc1OC1CC1. The summed E-state index contributed by atoms with van der Waals surface area (Å²) in [5, 5.41) is 0. The van der Waals surface area contributed by atoms with Gasteiger partial charge in [-0.1, -0.05) is 6.07 Å². The lowest BCUT2D eigenvalue weighted by Gasteiger charge is -2.14. The highest BCUT2D eigenvalue weighted by Crippen LogP contribution is 2.29. The van der Waals surface area contributed by atoms with Crippen LogP contribution in [0.3, 0.4) is 0 Å². The molecule has 118 valence electrons. The van der Waals surface area contributed by atoms with Crippen LogP contribution in [0, 0.1) is 5.82 Å². The number of aryl methyl sites for hydroxylation is 1. The summed E-state index contributed by atoms with van der Waals surface area (Å²) >= 11 is 0. The van der Waals surface area contributed by atoms with Crippen molar-refractivity contribution in [1.29, 1.82) is 0 Å². The Morgan fingerprint density at radius 1 is 1.24 bits per heavy atom. The van der Waals surface area contributed by atoms with E-state index in [0.29, 0.717) is 5.75 Å². The average Bonchev–Trinajstić information content (AvgIpc) is 3.17. The molecule has 0 spiro atoms. The van der Waals surface area contributed by atoms with Crippen LogP contribution < -0.4 is 10.5 Å². The molecule has 0 amide bonds. The highest BCUT2D eigenvalue weighted by molar-refractivity contribution is 5.30. The van der Waals surface area contributed by atoms with E-state index in [1.165, 1.54) is 33.0 Å². The van der Waals surface area contributed by atoms with Gasteiger partial charge in [0.25, 0.3) is 0 Å².